The number of hydrogen-bond donors (Lipinski definition) is 0. The Kier molecular flexibility index (Phi) is 2.93. The highest BCUT2D eigenvalue weighted by Crippen LogP contribution is 1.93. The molecule has 0 saturated heterocycles. The number of nitrogens with zero attached hydrogens (tertiary/aromatic N) is 1. The van der Waals surface area contributed by atoms with Gasteiger partial charge in [0.2, 0.25) is 0 Å². The monoisotopic (exact) mass is 119 g/mol. The molecule has 3 heteroatoms. The van der Waals surface area contributed by atoms with E-state index < -0.39 is 0 Å². The Morgan fingerprint density at radius 2 is 2.57 bits per heavy atom. The van der Waals surface area contributed by atoms with Crippen molar-refractivity contribution >= 4 is 16.3 Å². The third-order valence-corrected chi connectivity index (χ3v) is 0.730. The van der Waals surface area contributed by atoms with Crippen LogP contribution in [0.15, 0.2) is 4.99 Å². The fourth-order valence-electron chi connectivity index (χ4n) is 0.381. The Bertz CT molecular complexity index is 66.1. The largest absolute Gasteiger partial charge is 0.479 e. The Morgan fingerprint density at radius 3 is 2.71 bits per heavy atom. The lowest BCUT2D eigenvalue weighted by Crippen LogP contribution is -2.01. The van der Waals surface area contributed by atoms with Crippen LogP contribution in [0.3, 0.4) is 0 Å². The molecular formula is C4H10NOP. The predicted molar refractivity (Wildman–Crippen MR) is 35.0 cm³/mol. The van der Waals surface area contributed by atoms with Crippen LogP contribution in [0.2, 0.25) is 0 Å². The molecule has 0 N–H and O–H groups in total. The molecule has 0 aromatic heterocycles. The summed E-state index contributed by atoms with van der Waals surface area (Å²) in [5.41, 5.74) is 0. The van der Waals surface area contributed by atoms with Crippen LogP contribution < -0.4 is 0 Å². The maximum absolute atomic E-state index is 4.86. The van der Waals surface area contributed by atoms with Gasteiger partial charge in [-0.3, -0.25) is 4.99 Å². The summed E-state index contributed by atoms with van der Waals surface area (Å²) in [4.78, 5) is 3.82. The van der Waals surface area contributed by atoms with Crippen molar-refractivity contribution in [1.82, 2.24) is 0 Å². The first-order valence-electron chi connectivity index (χ1n) is 2.03. The molecule has 1 rings (SSSR count). The second-order valence-corrected chi connectivity index (χ2v) is 1.42. The van der Waals surface area contributed by atoms with E-state index >= 15 is 0 Å². The van der Waals surface area contributed by atoms with E-state index in [0.717, 1.165) is 6.54 Å². The lowest BCUT2D eigenvalue weighted by atomic mass is 10.4. The first kappa shape index (κ1) is 6.90. The van der Waals surface area contributed by atoms with E-state index in [-0.39, 0.29) is 9.90 Å². The average Bonchev–Trinajstić information content (AvgIpc) is 1.86. The molecule has 0 spiro atoms. The summed E-state index contributed by atoms with van der Waals surface area (Å²) in [5, 5.41) is 0. The Labute approximate surface area is 46.6 Å². The van der Waals surface area contributed by atoms with Gasteiger partial charge in [0.1, 0.15) is 6.10 Å². The molecule has 0 fully saturated rings. The molecule has 1 heterocycles. The molecule has 2 unspecified atom stereocenters. The number of rotatable bonds is 0. The second kappa shape index (κ2) is 2.98. The standard InChI is InChI=1S/C4H7NO.H3P/c1-4-2-5-3-6-4;/h3-4H,2H2,1H3;1H3. The van der Waals surface area contributed by atoms with Crippen molar-refractivity contribution in [2.45, 2.75) is 13.0 Å². The molecule has 0 aliphatic carbocycles. The van der Waals surface area contributed by atoms with E-state index in [4.69, 9.17) is 4.74 Å². The Balaban J connectivity index is 0.000000360. The van der Waals surface area contributed by atoms with E-state index in [0.29, 0.717) is 6.10 Å². The summed E-state index contributed by atoms with van der Waals surface area (Å²) in [6.07, 6.45) is 1.83. The predicted octanol–water partition coefficient (Wildman–Crippen LogP) is 0.491. The number of ether oxygens (including phenoxy) is 1. The van der Waals surface area contributed by atoms with Crippen LogP contribution in [-0.4, -0.2) is 19.0 Å². The van der Waals surface area contributed by atoms with Crippen LogP contribution in [-0.2, 0) is 4.74 Å². The molecule has 2 atom stereocenters. The van der Waals surface area contributed by atoms with E-state index in [9.17, 15) is 0 Å². The lowest BCUT2D eigenvalue weighted by Gasteiger charge is -1.94. The topological polar surface area (TPSA) is 21.6 Å². The van der Waals surface area contributed by atoms with Gasteiger partial charge in [-0.25, -0.2) is 0 Å². The van der Waals surface area contributed by atoms with E-state index in [1.165, 1.54) is 6.40 Å². The highest BCUT2D eigenvalue weighted by Gasteiger charge is 2.01. The zero-order valence-electron chi connectivity index (χ0n) is 4.42. The van der Waals surface area contributed by atoms with Gasteiger partial charge < -0.3 is 4.74 Å². The molecule has 1 aliphatic heterocycles. The van der Waals surface area contributed by atoms with Crippen LogP contribution in [0.5, 0.6) is 0 Å². The third kappa shape index (κ3) is 1.88. The van der Waals surface area contributed by atoms with Gasteiger partial charge in [-0.15, -0.1) is 0 Å². The minimum atomic E-state index is 0. The molecule has 0 aromatic rings. The molecule has 42 valence electrons. The van der Waals surface area contributed by atoms with Crippen LogP contribution in [0.4, 0.5) is 0 Å². The number of hydrogen-bond acceptors (Lipinski definition) is 2. The van der Waals surface area contributed by atoms with Crippen LogP contribution in [0.1, 0.15) is 6.92 Å². The van der Waals surface area contributed by atoms with Gasteiger partial charge in [0, 0.05) is 0 Å². The van der Waals surface area contributed by atoms with E-state index in [1.54, 1.807) is 0 Å². The highest BCUT2D eigenvalue weighted by molar-refractivity contribution is 6.92. The summed E-state index contributed by atoms with van der Waals surface area (Å²) >= 11 is 0. The highest BCUT2D eigenvalue weighted by atomic mass is 31.0. The smallest absolute Gasteiger partial charge is 0.170 e. The maximum Gasteiger partial charge on any atom is 0.170 e. The van der Waals surface area contributed by atoms with Crippen molar-refractivity contribution in [2.75, 3.05) is 6.54 Å². The van der Waals surface area contributed by atoms with Gasteiger partial charge in [-0.1, -0.05) is 0 Å². The van der Waals surface area contributed by atoms with E-state index in [2.05, 4.69) is 4.99 Å². The minimum absolute atomic E-state index is 0. The van der Waals surface area contributed by atoms with Crippen LogP contribution in [0.25, 0.3) is 0 Å². The second-order valence-electron chi connectivity index (χ2n) is 1.42. The van der Waals surface area contributed by atoms with Gasteiger partial charge in [-0.05, 0) is 6.92 Å². The average molecular weight is 119 g/mol. The van der Waals surface area contributed by atoms with Crippen molar-refractivity contribution in [3.8, 4) is 0 Å². The molecule has 0 bridgehead atoms. The molecular weight excluding hydrogens is 109 g/mol. The van der Waals surface area contributed by atoms with Gasteiger partial charge in [-0.2, -0.15) is 9.90 Å². The SMILES string of the molecule is CC1CN=CO1.P. The molecule has 7 heavy (non-hydrogen) atoms. The van der Waals surface area contributed by atoms with Gasteiger partial charge in [0.05, 0.1) is 6.54 Å². The quantitative estimate of drug-likeness (QED) is 0.425. The van der Waals surface area contributed by atoms with Crippen LogP contribution in [0, 0.1) is 0 Å². The molecule has 1 aliphatic rings. The first-order chi connectivity index (χ1) is 2.89. The normalized spacial score (nSPS) is 26.1. The van der Waals surface area contributed by atoms with Crippen LogP contribution >= 0.6 is 9.90 Å². The summed E-state index contributed by atoms with van der Waals surface area (Å²) in [6.45, 7) is 2.83. The zero-order valence-corrected chi connectivity index (χ0v) is 5.84. The molecule has 0 amide bonds. The summed E-state index contributed by atoms with van der Waals surface area (Å²) in [6, 6.07) is 0. The molecule has 0 saturated carbocycles. The minimum Gasteiger partial charge on any atom is -0.479 e. The van der Waals surface area contributed by atoms with Crippen molar-refractivity contribution in [3.63, 3.8) is 0 Å². The lowest BCUT2D eigenvalue weighted by molar-refractivity contribution is 0.256. The molecule has 0 radical (unpaired) electrons. The van der Waals surface area contributed by atoms with Gasteiger partial charge in [0.15, 0.2) is 6.40 Å². The van der Waals surface area contributed by atoms with Gasteiger partial charge in [0.25, 0.3) is 0 Å². The van der Waals surface area contributed by atoms with Crippen molar-refractivity contribution in [1.29, 1.82) is 0 Å². The fourth-order valence-corrected chi connectivity index (χ4v) is 0.381. The molecule has 0 aromatic carbocycles. The molecule has 2 nitrogen and oxygen atoms in total. The Morgan fingerprint density at radius 1 is 1.86 bits per heavy atom. The van der Waals surface area contributed by atoms with Crippen molar-refractivity contribution in [2.24, 2.45) is 4.99 Å². The van der Waals surface area contributed by atoms with Crippen molar-refractivity contribution in [3.05, 3.63) is 0 Å². The third-order valence-electron chi connectivity index (χ3n) is 0.730. The Hall–Kier alpha value is -0.100. The fraction of sp³-hybridized carbons (Fsp3) is 0.750. The summed E-state index contributed by atoms with van der Waals surface area (Å²) < 4.78 is 4.86. The van der Waals surface area contributed by atoms with Crippen molar-refractivity contribution < 1.29 is 4.74 Å². The summed E-state index contributed by atoms with van der Waals surface area (Å²) in [7, 11) is 0. The number of aliphatic imine (C=N–C) groups is 1. The summed E-state index contributed by atoms with van der Waals surface area (Å²) in [5.74, 6) is 0. The first-order valence-corrected chi connectivity index (χ1v) is 2.03. The maximum atomic E-state index is 4.86. The van der Waals surface area contributed by atoms with Gasteiger partial charge >= 0.3 is 0 Å². The van der Waals surface area contributed by atoms with E-state index in [1.807, 2.05) is 6.92 Å². The zero-order chi connectivity index (χ0) is 4.41.